The van der Waals surface area contributed by atoms with Crippen LogP contribution in [0, 0.1) is 0 Å². The molecule has 30 heavy (non-hydrogen) atoms. The molecule has 0 spiro atoms. The van der Waals surface area contributed by atoms with Gasteiger partial charge in [0.15, 0.2) is 0 Å². The van der Waals surface area contributed by atoms with Crippen LogP contribution in [0.4, 0.5) is 5.69 Å². The molecule has 156 valence electrons. The summed E-state index contributed by atoms with van der Waals surface area (Å²) in [7, 11) is 2.00. The fourth-order valence-electron chi connectivity index (χ4n) is 3.76. The highest BCUT2D eigenvalue weighted by molar-refractivity contribution is 6.30. The minimum atomic E-state index is -0.100. The number of rotatable bonds is 4. The van der Waals surface area contributed by atoms with Crippen LogP contribution in [0.3, 0.4) is 0 Å². The number of hydrogen-bond donors (Lipinski definition) is 1. The van der Waals surface area contributed by atoms with Gasteiger partial charge in [0.05, 0.1) is 17.6 Å². The summed E-state index contributed by atoms with van der Waals surface area (Å²) in [5, 5.41) is 3.42. The molecule has 0 unspecified atom stereocenters. The highest BCUT2D eigenvalue weighted by atomic mass is 35.5. The number of hydrogen-bond acceptors (Lipinski definition) is 4. The second kappa shape index (κ2) is 8.45. The Kier molecular flexibility index (Phi) is 5.74. The minimum absolute atomic E-state index is 0.0412. The second-order valence-electron chi connectivity index (χ2n) is 7.55. The van der Waals surface area contributed by atoms with E-state index in [1.165, 1.54) is 6.92 Å². The largest absolute Gasteiger partial charge is 0.336 e. The van der Waals surface area contributed by atoms with Crippen LogP contribution in [-0.2, 0) is 18.4 Å². The third-order valence-electron chi connectivity index (χ3n) is 5.41. The molecule has 0 atom stereocenters. The van der Waals surface area contributed by atoms with Crippen LogP contribution in [0.5, 0.6) is 0 Å². The normalized spacial score (nSPS) is 14.8. The number of nitrogens with one attached hydrogen (secondary N) is 1. The van der Waals surface area contributed by atoms with Gasteiger partial charge in [-0.2, -0.15) is 0 Å². The summed E-state index contributed by atoms with van der Waals surface area (Å²) < 4.78 is 2.08. The van der Waals surface area contributed by atoms with E-state index in [-0.39, 0.29) is 11.8 Å². The molecule has 1 saturated heterocycles. The predicted octanol–water partition coefficient (Wildman–Crippen LogP) is 3.14. The van der Waals surface area contributed by atoms with Crippen molar-refractivity contribution >= 4 is 40.1 Å². The lowest BCUT2D eigenvalue weighted by molar-refractivity contribution is -0.114. The maximum Gasteiger partial charge on any atom is 0.253 e. The van der Waals surface area contributed by atoms with Gasteiger partial charge in [-0.3, -0.25) is 14.5 Å². The average molecular weight is 426 g/mol. The predicted molar refractivity (Wildman–Crippen MR) is 118 cm³/mol. The van der Waals surface area contributed by atoms with Crippen molar-refractivity contribution < 1.29 is 9.59 Å². The van der Waals surface area contributed by atoms with Crippen molar-refractivity contribution in [2.75, 3.05) is 31.5 Å². The van der Waals surface area contributed by atoms with Crippen molar-refractivity contribution in [3.8, 4) is 0 Å². The summed E-state index contributed by atoms with van der Waals surface area (Å²) in [5.74, 6) is 0.901. The molecule has 8 heteroatoms. The number of anilines is 1. The zero-order valence-corrected chi connectivity index (χ0v) is 17.8. The summed E-state index contributed by atoms with van der Waals surface area (Å²) in [5.41, 5.74) is 3.29. The molecule has 2 heterocycles. The van der Waals surface area contributed by atoms with Gasteiger partial charge in [-0.1, -0.05) is 11.6 Å². The molecule has 0 aliphatic carbocycles. The van der Waals surface area contributed by atoms with E-state index in [2.05, 4.69) is 14.8 Å². The summed E-state index contributed by atoms with van der Waals surface area (Å²) in [6, 6.07) is 12.8. The van der Waals surface area contributed by atoms with Crippen LogP contribution in [0.2, 0.25) is 5.02 Å². The van der Waals surface area contributed by atoms with Gasteiger partial charge in [-0.25, -0.2) is 4.98 Å². The van der Waals surface area contributed by atoms with E-state index in [0.717, 1.165) is 35.6 Å². The molecule has 1 aromatic heterocycles. The Morgan fingerprint density at radius 3 is 2.43 bits per heavy atom. The number of carbonyl (C=O) groups excluding carboxylic acids is 2. The van der Waals surface area contributed by atoms with Crippen LogP contribution in [0.25, 0.3) is 11.0 Å². The fraction of sp³-hybridized carbons (Fsp3) is 0.318. The molecule has 1 N–H and O–H groups in total. The van der Waals surface area contributed by atoms with Gasteiger partial charge >= 0.3 is 0 Å². The summed E-state index contributed by atoms with van der Waals surface area (Å²) in [6.07, 6.45) is 0. The van der Waals surface area contributed by atoms with E-state index >= 15 is 0 Å². The lowest BCUT2D eigenvalue weighted by Gasteiger charge is -2.34. The Balaban J connectivity index is 1.40. The van der Waals surface area contributed by atoms with E-state index in [0.29, 0.717) is 30.2 Å². The lowest BCUT2D eigenvalue weighted by Crippen LogP contribution is -2.48. The second-order valence-corrected chi connectivity index (χ2v) is 7.98. The molecule has 7 nitrogen and oxygen atoms in total. The zero-order valence-electron chi connectivity index (χ0n) is 17.1. The number of benzene rings is 2. The number of aryl methyl sites for hydroxylation is 1. The van der Waals surface area contributed by atoms with E-state index in [9.17, 15) is 9.59 Å². The highest BCUT2D eigenvalue weighted by Crippen LogP contribution is 2.21. The number of carbonyl (C=O) groups is 2. The molecular formula is C22H24ClN5O2. The first kappa shape index (κ1) is 20.4. The molecule has 0 radical (unpaired) electrons. The molecule has 0 bridgehead atoms. The molecule has 1 aliphatic rings. The standard InChI is InChI=1S/C22H24ClN5O2/c1-15(29)24-18-7-8-20-19(13-18)25-21(26(20)2)14-27-9-11-28(12-10-27)22(30)16-3-5-17(23)6-4-16/h3-8,13H,9-12,14H2,1-2H3,(H,24,29). The van der Waals surface area contributed by atoms with E-state index in [4.69, 9.17) is 16.6 Å². The Morgan fingerprint density at radius 2 is 1.77 bits per heavy atom. The summed E-state index contributed by atoms with van der Waals surface area (Å²) in [6.45, 7) is 5.14. The number of amides is 2. The first-order valence-corrected chi connectivity index (χ1v) is 10.3. The topological polar surface area (TPSA) is 70.5 Å². The number of halogens is 1. The van der Waals surface area contributed by atoms with Gasteiger partial charge in [0, 0.05) is 56.4 Å². The van der Waals surface area contributed by atoms with Crippen LogP contribution < -0.4 is 5.32 Å². The van der Waals surface area contributed by atoms with Crippen molar-refractivity contribution in [2.45, 2.75) is 13.5 Å². The smallest absolute Gasteiger partial charge is 0.253 e. The van der Waals surface area contributed by atoms with Crippen LogP contribution in [0.15, 0.2) is 42.5 Å². The first-order chi connectivity index (χ1) is 14.4. The molecule has 1 aliphatic heterocycles. The van der Waals surface area contributed by atoms with Gasteiger partial charge in [-0.05, 0) is 42.5 Å². The third kappa shape index (κ3) is 4.32. The lowest BCUT2D eigenvalue weighted by atomic mass is 10.2. The number of piperazine rings is 1. The first-order valence-electron chi connectivity index (χ1n) is 9.91. The van der Waals surface area contributed by atoms with Crippen LogP contribution >= 0.6 is 11.6 Å². The SMILES string of the molecule is CC(=O)Nc1ccc2c(c1)nc(CN1CCN(C(=O)c3ccc(Cl)cc3)CC1)n2C. The van der Waals surface area contributed by atoms with Gasteiger partial charge < -0.3 is 14.8 Å². The van der Waals surface area contributed by atoms with Gasteiger partial charge in [0.1, 0.15) is 5.82 Å². The van der Waals surface area contributed by atoms with Crippen molar-refractivity contribution in [3.63, 3.8) is 0 Å². The van der Waals surface area contributed by atoms with Gasteiger partial charge in [0.2, 0.25) is 5.91 Å². The third-order valence-corrected chi connectivity index (χ3v) is 5.66. The molecule has 0 saturated carbocycles. The van der Waals surface area contributed by atoms with E-state index in [1.54, 1.807) is 24.3 Å². The van der Waals surface area contributed by atoms with Crippen molar-refractivity contribution in [1.82, 2.24) is 19.4 Å². The number of imidazole rings is 1. The number of fused-ring (bicyclic) bond motifs is 1. The minimum Gasteiger partial charge on any atom is -0.336 e. The van der Waals surface area contributed by atoms with Gasteiger partial charge in [0.25, 0.3) is 5.91 Å². The monoisotopic (exact) mass is 425 g/mol. The molecule has 2 amide bonds. The fourth-order valence-corrected chi connectivity index (χ4v) is 3.88. The van der Waals surface area contributed by atoms with Crippen molar-refractivity contribution in [2.24, 2.45) is 7.05 Å². The number of aromatic nitrogens is 2. The average Bonchev–Trinajstić information content (AvgIpc) is 3.03. The Hall–Kier alpha value is -2.90. The molecule has 1 fully saturated rings. The Labute approximate surface area is 180 Å². The summed E-state index contributed by atoms with van der Waals surface area (Å²) in [4.78, 5) is 32.9. The quantitative estimate of drug-likeness (QED) is 0.697. The van der Waals surface area contributed by atoms with E-state index in [1.807, 2.05) is 30.1 Å². The Morgan fingerprint density at radius 1 is 1.07 bits per heavy atom. The molecule has 2 aromatic carbocycles. The maximum absolute atomic E-state index is 12.7. The van der Waals surface area contributed by atoms with Crippen LogP contribution in [-0.4, -0.2) is 57.3 Å². The van der Waals surface area contributed by atoms with Crippen molar-refractivity contribution in [3.05, 3.63) is 58.9 Å². The number of nitrogens with zero attached hydrogens (tertiary/aromatic N) is 4. The van der Waals surface area contributed by atoms with Crippen molar-refractivity contribution in [1.29, 1.82) is 0 Å². The summed E-state index contributed by atoms with van der Waals surface area (Å²) >= 11 is 5.91. The van der Waals surface area contributed by atoms with E-state index < -0.39 is 0 Å². The maximum atomic E-state index is 12.7. The van der Waals surface area contributed by atoms with Gasteiger partial charge in [-0.15, -0.1) is 0 Å². The Bertz CT molecular complexity index is 1080. The zero-order chi connectivity index (χ0) is 21.3. The molecule has 4 rings (SSSR count). The highest BCUT2D eigenvalue weighted by Gasteiger charge is 2.23. The van der Waals surface area contributed by atoms with Crippen LogP contribution in [0.1, 0.15) is 23.1 Å². The molecular weight excluding hydrogens is 402 g/mol. The molecule has 3 aromatic rings.